The van der Waals surface area contributed by atoms with Gasteiger partial charge in [-0.3, -0.25) is 10.1 Å². The Balaban J connectivity index is 1.86. The highest BCUT2D eigenvalue weighted by Crippen LogP contribution is 2.20. The first-order valence-corrected chi connectivity index (χ1v) is 7.82. The van der Waals surface area contributed by atoms with Gasteiger partial charge in [0.1, 0.15) is 0 Å². The van der Waals surface area contributed by atoms with Crippen LogP contribution in [0.25, 0.3) is 0 Å². The van der Waals surface area contributed by atoms with E-state index in [1.54, 1.807) is 12.1 Å². The number of benzene rings is 1. The fraction of sp³-hybridized carbons (Fsp3) is 0.625. The summed E-state index contributed by atoms with van der Waals surface area (Å²) in [6.07, 6.45) is 6.09. The lowest BCUT2D eigenvalue weighted by atomic mass is 9.98. The van der Waals surface area contributed by atoms with Crippen molar-refractivity contribution in [3.8, 4) is 0 Å². The first-order valence-electron chi connectivity index (χ1n) is 7.82. The van der Waals surface area contributed by atoms with Gasteiger partial charge in [-0.05, 0) is 51.4 Å². The van der Waals surface area contributed by atoms with E-state index in [-0.39, 0.29) is 10.6 Å². The average molecular weight is 291 g/mol. The molecular formula is C16H25N3O2. The molecule has 1 heterocycles. The van der Waals surface area contributed by atoms with E-state index in [9.17, 15) is 10.1 Å². The van der Waals surface area contributed by atoms with E-state index in [4.69, 9.17) is 0 Å². The monoisotopic (exact) mass is 291 g/mol. The van der Waals surface area contributed by atoms with Gasteiger partial charge in [0.2, 0.25) is 0 Å². The van der Waals surface area contributed by atoms with Gasteiger partial charge < -0.3 is 10.2 Å². The van der Waals surface area contributed by atoms with Crippen LogP contribution in [-0.4, -0.2) is 42.5 Å². The van der Waals surface area contributed by atoms with E-state index in [1.807, 2.05) is 19.2 Å². The first-order chi connectivity index (χ1) is 10.2. The number of hydrogen-bond donors (Lipinski definition) is 1. The lowest BCUT2D eigenvalue weighted by Crippen LogP contribution is -2.42. The Kier molecular flexibility index (Phi) is 6.14. The number of nitrogens with zero attached hydrogens (tertiary/aromatic N) is 2. The third-order valence-corrected chi connectivity index (χ3v) is 4.31. The molecule has 0 saturated carbocycles. The average Bonchev–Trinajstić information content (AvgIpc) is 2.52. The Hall–Kier alpha value is -1.46. The van der Waals surface area contributed by atoms with E-state index in [0.29, 0.717) is 6.04 Å². The van der Waals surface area contributed by atoms with E-state index < -0.39 is 0 Å². The van der Waals surface area contributed by atoms with Gasteiger partial charge in [0.25, 0.3) is 5.69 Å². The molecule has 1 N–H and O–H groups in total. The topological polar surface area (TPSA) is 58.4 Å². The van der Waals surface area contributed by atoms with Crippen LogP contribution in [0.2, 0.25) is 0 Å². The minimum Gasteiger partial charge on any atom is -0.320 e. The quantitative estimate of drug-likeness (QED) is 0.619. The number of nitrogens with one attached hydrogen (secondary N) is 1. The summed E-state index contributed by atoms with van der Waals surface area (Å²) in [7, 11) is 2.00. The van der Waals surface area contributed by atoms with Crippen LogP contribution in [-0.2, 0) is 6.42 Å². The highest BCUT2D eigenvalue weighted by molar-refractivity contribution is 5.32. The smallest absolute Gasteiger partial charge is 0.269 e. The standard InChI is InChI=1S/C16H25N3O2/c1-17-11-9-15-4-2-3-12-18(15)13-10-14-5-7-16(8-6-14)19(20)21/h5-8,15,17H,2-4,9-13H2,1H3. The number of rotatable bonds is 7. The third kappa shape index (κ3) is 4.79. The molecular weight excluding hydrogens is 266 g/mol. The van der Waals surface area contributed by atoms with Crippen LogP contribution in [0.1, 0.15) is 31.2 Å². The molecule has 0 aromatic heterocycles. The van der Waals surface area contributed by atoms with Gasteiger partial charge in [0, 0.05) is 24.7 Å². The van der Waals surface area contributed by atoms with Crippen molar-refractivity contribution >= 4 is 5.69 Å². The van der Waals surface area contributed by atoms with Crippen molar-refractivity contribution in [1.82, 2.24) is 10.2 Å². The van der Waals surface area contributed by atoms with Crippen LogP contribution < -0.4 is 5.32 Å². The summed E-state index contributed by atoms with van der Waals surface area (Å²) in [6.45, 7) is 3.30. The molecule has 1 aliphatic rings. The van der Waals surface area contributed by atoms with Crippen LogP contribution >= 0.6 is 0 Å². The maximum absolute atomic E-state index is 10.7. The highest BCUT2D eigenvalue weighted by Gasteiger charge is 2.21. The van der Waals surface area contributed by atoms with Gasteiger partial charge in [0.15, 0.2) is 0 Å². The second-order valence-corrected chi connectivity index (χ2v) is 5.75. The van der Waals surface area contributed by atoms with E-state index in [0.717, 1.165) is 19.5 Å². The zero-order valence-corrected chi connectivity index (χ0v) is 12.8. The molecule has 116 valence electrons. The molecule has 0 radical (unpaired) electrons. The van der Waals surface area contributed by atoms with Crippen molar-refractivity contribution in [1.29, 1.82) is 0 Å². The molecule has 0 aliphatic carbocycles. The largest absolute Gasteiger partial charge is 0.320 e. The van der Waals surface area contributed by atoms with Crippen LogP contribution in [0.15, 0.2) is 24.3 Å². The first kappa shape index (κ1) is 15.9. The number of likely N-dealkylation sites (tertiary alicyclic amines) is 1. The predicted octanol–water partition coefficient (Wildman–Crippen LogP) is 2.60. The zero-order chi connectivity index (χ0) is 15.1. The van der Waals surface area contributed by atoms with Crippen molar-refractivity contribution in [2.24, 2.45) is 0 Å². The Bertz CT molecular complexity index is 447. The molecule has 1 aliphatic heterocycles. The molecule has 1 atom stereocenters. The van der Waals surface area contributed by atoms with Crippen molar-refractivity contribution in [2.75, 3.05) is 26.7 Å². The molecule has 0 bridgehead atoms. The van der Waals surface area contributed by atoms with Gasteiger partial charge in [-0.25, -0.2) is 0 Å². The number of non-ortho nitro benzene ring substituents is 1. The molecule has 0 spiro atoms. The summed E-state index contributed by atoms with van der Waals surface area (Å²) in [5.41, 5.74) is 1.35. The molecule has 1 aromatic rings. The molecule has 5 heteroatoms. The zero-order valence-electron chi connectivity index (χ0n) is 12.8. The predicted molar refractivity (Wildman–Crippen MR) is 84.6 cm³/mol. The van der Waals surface area contributed by atoms with E-state index in [2.05, 4.69) is 10.2 Å². The van der Waals surface area contributed by atoms with Crippen LogP contribution in [0.4, 0.5) is 5.69 Å². The Morgan fingerprint density at radius 3 is 2.76 bits per heavy atom. The highest BCUT2D eigenvalue weighted by atomic mass is 16.6. The molecule has 1 aromatic carbocycles. The third-order valence-electron chi connectivity index (χ3n) is 4.31. The van der Waals surface area contributed by atoms with Crippen molar-refractivity contribution in [3.63, 3.8) is 0 Å². The molecule has 2 rings (SSSR count). The van der Waals surface area contributed by atoms with Gasteiger partial charge >= 0.3 is 0 Å². The SMILES string of the molecule is CNCCC1CCCCN1CCc1ccc([N+](=O)[O-])cc1. The second-order valence-electron chi connectivity index (χ2n) is 5.75. The van der Waals surface area contributed by atoms with Gasteiger partial charge in [-0.1, -0.05) is 18.6 Å². The maximum Gasteiger partial charge on any atom is 0.269 e. The van der Waals surface area contributed by atoms with Crippen molar-refractivity contribution in [2.45, 2.75) is 38.1 Å². The lowest BCUT2D eigenvalue weighted by Gasteiger charge is -2.35. The summed E-state index contributed by atoms with van der Waals surface area (Å²) in [5, 5.41) is 13.9. The number of hydrogen-bond acceptors (Lipinski definition) is 4. The van der Waals surface area contributed by atoms with E-state index >= 15 is 0 Å². The Morgan fingerprint density at radius 2 is 2.10 bits per heavy atom. The summed E-state index contributed by atoms with van der Waals surface area (Å²) >= 11 is 0. The van der Waals surface area contributed by atoms with Gasteiger partial charge in [-0.15, -0.1) is 0 Å². The van der Waals surface area contributed by atoms with Crippen LogP contribution in [0.5, 0.6) is 0 Å². The molecule has 1 unspecified atom stereocenters. The molecule has 0 amide bonds. The summed E-state index contributed by atoms with van der Waals surface area (Å²) < 4.78 is 0. The lowest BCUT2D eigenvalue weighted by molar-refractivity contribution is -0.384. The fourth-order valence-corrected chi connectivity index (χ4v) is 3.05. The van der Waals surface area contributed by atoms with Crippen LogP contribution in [0.3, 0.4) is 0 Å². The summed E-state index contributed by atoms with van der Waals surface area (Å²) in [4.78, 5) is 12.9. The van der Waals surface area contributed by atoms with E-state index in [1.165, 1.54) is 37.8 Å². The molecule has 1 saturated heterocycles. The summed E-state index contributed by atoms with van der Waals surface area (Å²) in [6, 6.07) is 7.65. The minimum absolute atomic E-state index is 0.170. The van der Waals surface area contributed by atoms with Crippen molar-refractivity contribution in [3.05, 3.63) is 39.9 Å². The van der Waals surface area contributed by atoms with Crippen molar-refractivity contribution < 1.29 is 4.92 Å². The summed E-state index contributed by atoms with van der Waals surface area (Å²) in [5.74, 6) is 0. The Labute approximate surface area is 126 Å². The number of nitro benzene ring substituents is 1. The molecule has 1 fully saturated rings. The molecule has 5 nitrogen and oxygen atoms in total. The van der Waals surface area contributed by atoms with Gasteiger partial charge in [0.05, 0.1) is 4.92 Å². The minimum atomic E-state index is -0.345. The normalized spacial score (nSPS) is 19.6. The Morgan fingerprint density at radius 1 is 1.33 bits per heavy atom. The fourth-order valence-electron chi connectivity index (χ4n) is 3.05. The maximum atomic E-state index is 10.7. The van der Waals surface area contributed by atoms with Crippen LogP contribution in [0, 0.1) is 10.1 Å². The molecule has 21 heavy (non-hydrogen) atoms. The number of nitro groups is 1. The number of piperidine rings is 1. The van der Waals surface area contributed by atoms with Gasteiger partial charge in [-0.2, -0.15) is 0 Å². The second kappa shape index (κ2) is 8.10.